The van der Waals surface area contributed by atoms with E-state index in [1.165, 1.54) is 11.8 Å². The maximum absolute atomic E-state index is 12.4. The van der Waals surface area contributed by atoms with Gasteiger partial charge in [-0.3, -0.25) is 9.20 Å². The van der Waals surface area contributed by atoms with E-state index in [2.05, 4.69) is 15.2 Å². The van der Waals surface area contributed by atoms with Crippen molar-refractivity contribution in [2.45, 2.75) is 17.8 Å². The van der Waals surface area contributed by atoms with E-state index in [1.54, 1.807) is 23.8 Å². The molecule has 0 saturated heterocycles. The standard InChI is InChI=1S/C20H19N5O2S/c1-13-7-6-10-25-17(26)11-14(21-18(13)25)12-28-20-23-22-19(24(20)2)15-8-4-5-9-16(15)27-3/h4-11H,12H2,1-3H3. The molecule has 0 atom stereocenters. The first-order chi connectivity index (χ1) is 13.6. The molecule has 0 aliphatic carbocycles. The lowest BCUT2D eigenvalue weighted by atomic mass is 10.2. The number of methoxy groups -OCH3 is 1. The van der Waals surface area contributed by atoms with Gasteiger partial charge in [-0.05, 0) is 30.7 Å². The van der Waals surface area contributed by atoms with Crippen LogP contribution in [0.5, 0.6) is 5.75 Å². The number of pyridine rings is 1. The Balaban J connectivity index is 1.62. The minimum absolute atomic E-state index is 0.0861. The third kappa shape index (κ3) is 3.27. The molecule has 0 bridgehead atoms. The van der Waals surface area contributed by atoms with Crippen molar-refractivity contribution >= 4 is 17.4 Å². The van der Waals surface area contributed by atoms with Crippen LogP contribution in [0.25, 0.3) is 17.0 Å². The van der Waals surface area contributed by atoms with Gasteiger partial charge in [-0.2, -0.15) is 0 Å². The second-order valence-electron chi connectivity index (χ2n) is 6.32. The van der Waals surface area contributed by atoms with Crippen LogP contribution in [-0.4, -0.2) is 31.3 Å². The average molecular weight is 393 g/mol. The molecule has 0 aliphatic rings. The predicted molar refractivity (Wildman–Crippen MR) is 109 cm³/mol. The molecule has 0 amide bonds. The third-order valence-corrected chi connectivity index (χ3v) is 5.53. The molecule has 3 heterocycles. The van der Waals surface area contributed by atoms with Gasteiger partial charge in [0.15, 0.2) is 11.0 Å². The van der Waals surface area contributed by atoms with Crippen LogP contribution in [0.1, 0.15) is 11.3 Å². The van der Waals surface area contributed by atoms with Crippen molar-refractivity contribution in [1.82, 2.24) is 24.1 Å². The molecule has 4 aromatic rings. The number of fused-ring (bicyclic) bond motifs is 1. The van der Waals surface area contributed by atoms with Crippen LogP contribution in [0.2, 0.25) is 0 Å². The molecule has 142 valence electrons. The fourth-order valence-electron chi connectivity index (χ4n) is 3.03. The van der Waals surface area contributed by atoms with Gasteiger partial charge in [-0.1, -0.05) is 30.0 Å². The highest BCUT2D eigenvalue weighted by molar-refractivity contribution is 7.98. The molecule has 0 radical (unpaired) electrons. The summed E-state index contributed by atoms with van der Waals surface area (Å²) >= 11 is 1.49. The van der Waals surface area contributed by atoms with Crippen LogP contribution < -0.4 is 10.3 Å². The van der Waals surface area contributed by atoms with E-state index >= 15 is 0 Å². The van der Waals surface area contributed by atoms with Crippen LogP contribution >= 0.6 is 11.8 Å². The third-order valence-electron chi connectivity index (χ3n) is 4.47. The smallest absolute Gasteiger partial charge is 0.258 e. The number of aromatic nitrogens is 5. The topological polar surface area (TPSA) is 74.3 Å². The summed E-state index contributed by atoms with van der Waals surface area (Å²) in [5, 5.41) is 9.35. The quantitative estimate of drug-likeness (QED) is 0.485. The zero-order chi connectivity index (χ0) is 19.7. The van der Waals surface area contributed by atoms with E-state index in [0.29, 0.717) is 17.1 Å². The first-order valence-electron chi connectivity index (χ1n) is 8.72. The minimum Gasteiger partial charge on any atom is -0.496 e. The molecule has 0 fully saturated rings. The highest BCUT2D eigenvalue weighted by atomic mass is 32.2. The second-order valence-corrected chi connectivity index (χ2v) is 7.27. The fourth-order valence-corrected chi connectivity index (χ4v) is 3.83. The van der Waals surface area contributed by atoms with Crippen molar-refractivity contribution in [3.8, 4) is 17.1 Å². The molecule has 28 heavy (non-hydrogen) atoms. The van der Waals surface area contributed by atoms with Gasteiger partial charge in [0.25, 0.3) is 5.56 Å². The van der Waals surface area contributed by atoms with E-state index in [9.17, 15) is 4.79 Å². The second kappa shape index (κ2) is 7.47. The maximum Gasteiger partial charge on any atom is 0.258 e. The van der Waals surface area contributed by atoms with Gasteiger partial charge in [0, 0.05) is 25.1 Å². The van der Waals surface area contributed by atoms with Crippen molar-refractivity contribution in [2.75, 3.05) is 7.11 Å². The number of aryl methyl sites for hydroxylation is 1. The number of rotatable bonds is 5. The zero-order valence-corrected chi connectivity index (χ0v) is 16.6. The Bertz CT molecular complexity index is 1210. The summed E-state index contributed by atoms with van der Waals surface area (Å²) in [5.41, 5.74) is 3.15. The van der Waals surface area contributed by atoms with Crippen LogP contribution in [0.15, 0.2) is 58.6 Å². The summed E-state index contributed by atoms with van der Waals surface area (Å²) in [6, 6.07) is 13.1. The fraction of sp³-hybridized carbons (Fsp3) is 0.200. The first kappa shape index (κ1) is 18.2. The highest BCUT2D eigenvalue weighted by Crippen LogP contribution is 2.30. The molecular formula is C20H19N5O2S. The molecule has 8 heteroatoms. The van der Waals surface area contributed by atoms with Crippen LogP contribution in [-0.2, 0) is 12.8 Å². The van der Waals surface area contributed by atoms with Crippen LogP contribution in [0.3, 0.4) is 0 Å². The summed E-state index contributed by atoms with van der Waals surface area (Å²) in [5.74, 6) is 1.99. The van der Waals surface area contributed by atoms with Crippen LogP contribution in [0.4, 0.5) is 0 Å². The highest BCUT2D eigenvalue weighted by Gasteiger charge is 2.15. The Hall–Kier alpha value is -3.13. The van der Waals surface area contributed by atoms with Gasteiger partial charge in [0.05, 0.1) is 18.4 Å². The summed E-state index contributed by atoms with van der Waals surface area (Å²) in [6.45, 7) is 1.95. The average Bonchev–Trinajstić information content (AvgIpc) is 3.07. The van der Waals surface area contributed by atoms with Crippen molar-refractivity contribution in [3.63, 3.8) is 0 Å². The molecule has 1 aromatic carbocycles. The molecular weight excluding hydrogens is 374 g/mol. The van der Waals surface area contributed by atoms with Crippen molar-refractivity contribution in [2.24, 2.45) is 7.05 Å². The number of hydrogen-bond donors (Lipinski definition) is 0. The molecule has 0 N–H and O–H groups in total. The van der Waals surface area contributed by atoms with E-state index in [-0.39, 0.29) is 5.56 Å². The zero-order valence-electron chi connectivity index (χ0n) is 15.8. The van der Waals surface area contributed by atoms with Crippen LogP contribution in [0, 0.1) is 6.92 Å². The summed E-state index contributed by atoms with van der Waals surface area (Å²) in [7, 11) is 3.55. The van der Waals surface area contributed by atoms with Crippen molar-refractivity contribution in [3.05, 3.63) is 70.3 Å². The number of para-hydroxylation sites is 1. The van der Waals surface area contributed by atoms with Gasteiger partial charge in [-0.15, -0.1) is 10.2 Å². The van der Waals surface area contributed by atoms with Gasteiger partial charge >= 0.3 is 0 Å². The maximum atomic E-state index is 12.4. The largest absolute Gasteiger partial charge is 0.496 e. The Morgan fingerprint density at radius 2 is 1.96 bits per heavy atom. The number of ether oxygens (including phenoxy) is 1. The van der Waals surface area contributed by atoms with Gasteiger partial charge < -0.3 is 9.30 Å². The van der Waals surface area contributed by atoms with E-state index in [4.69, 9.17) is 4.74 Å². The number of thioether (sulfide) groups is 1. The van der Waals surface area contributed by atoms with Gasteiger partial charge in [0.2, 0.25) is 0 Å². The lowest BCUT2D eigenvalue weighted by Gasteiger charge is -2.08. The SMILES string of the molecule is COc1ccccc1-c1nnc(SCc2cc(=O)n3cccc(C)c3n2)n1C. The molecule has 3 aromatic heterocycles. The Kier molecular flexibility index (Phi) is 4.87. The lowest BCUT2D eigenvalue weighted by molar-refractivity contribution is 0.416. The molecule has 0 aliphatic heterocycles. The summed E-state index contributed by atoms with van der Waals surface area (Å²) < 4.78 is 8.90. The Morgan fingerprint density at radius 1 is 1.14 bits per heavy atom. The van der Waals surface area contributed by atoms with Gasteiger partial charge in [-0.25, -0.2) is 4.98 Å². The molecule has 7 nitrogen and oxygen atoms in total. The number of hydrogen-bond acceptors (Lipinski definition) is 6. The molecule has 4 rings (SSSR count). The van der Waals surface area contributed by atoms with Crippen molar-refractivity contribution < 1.29 is 4.74 Å². The first-order valence-corrected chi connectivity index (χ1v) is 9.70. The van der Waals surface area contributed by atoms with E-state index in [0.717, 1.165) is 27.9 Å². The van der Waals surface area contributed by atoms with E-state index in [1.807, 2.05) is 54.9 Å². The van der Waals surface area contributed by atoms with E-state index < -0.39 is 0 Å². The lowest BCUT2D eigenvalue weighted by Crippen LogP contribution is -2.15. The van der Waals surface area contributed by atoms with Crippen molar-refractivity contribution in [1.29, 1.82) is 0 Å². The summed E-state index contributed by atoms with van der Waals surface area (Å²) in [4.78, 5) is 17.0. The molecule has 0 unspecified atom stereocenters. The number of benzene rings is 1. The summed E-state index contributed by atoms with van der Waals surface area (Å²) in [6.07, 6.45) is 1.73. The minimum atomic E-state index is -0.0861. The number of nitrogens with zero attached hydrogens (tertiary/aromatic N) is 5. The Labute approximate surface area is 166 Å². The molecule has 0 saturated carbocycles. The molecule has 0 spiro atoms. The van der Waals surface area contributed by atoms with Gasteiger partial charge in [0.1, 0.15) is 11.4 Å². The monoisotopic (exact) mass is 393 g/mol. The predicted octanol–water partition coefficient (Wildman–Crippen LogP) is 3.10. The Morgan fingerprint density at radius 3 is 2.79 bits per heavy atom. The normalized spacial score (nSPS) is 11.1.